The Morgan fingerprint density at radius 3 is 2.29 bits per heavy atom. The van der Waals surface area contributed by atoms with E-state index in [-0.39, 0.29) is 5.82 Å². The van der Waals surface area contributed by atoms with Crippen molar-refractivity contribution in [2.45, 2.75) is 32.2 Å². The Morgan fingerprint density at radius 2 is 1.86 bits per heavy atom. The van der Waals surface area contributed by atoms with Crippen molar-refractivity contribution in [1.82, 2.24) is 5.32 Å². The van der Waals surface area contributed by atoms with Crippen molar-refractivity contribution in [3.63, 3.8) is 0 Å². The first-order valence-corrected chi connectivity index (χ1v) is 5.11. The van der Waals surface area contributed by atoms with Gasteiger partial charge in [-0.15, -0.1) is 0 Å². The minimum atomic E-state index is -0.168. The van der Waals surface area contributed by atoms with Crippen LogP contribution in [0.3, 0.4) is 0 Å². The third-order valence-corrected chi connectivity index (χ3v) is 2.81. The van der Waals surface area contributed by atoms with Crippen molar-refractivity contribution >= 4 is 0 Å². The van der Waals surface area contributed by atoms with Gasteiger partial charge in [-0.2, -0.15) is 0 Å². The number of halogens is 1. The number of rotatable bonds is 4. The summed E-state index contributed by atoms with van der Waals surface area (Å²) >= 11 is 0. The maximum atomic E-state index is 12.7. The highest BCUT2D eigenvalue weighted by Gasteiger charge is 2.14. The maximum absolute atomic E-state index is 12.7. The van der Waals surface area contributed by atoms with E-state index in [0.717, 1.165) is 6.42 Å². The molecule has 2 unspecified atom stereocenters. The van der Waals surface area contributed by atoms with Gasteiger partial charge in [0.1, 0.15) is 5.82 Å². The minimum absolute atomic E-state index is 0.168. The lowest BCUT2D eigenvalue weighted by molar-refractivity contribution is 0.472. The molecule has 1 aromatic rings. The Hall–Kier alpha value is -0.890. The van der Waals surface area contributed by atoms with Gasteiger partial charge in [-0.25, -0.2) is 4.39 Å². The van der Waals surface area contributed by atoms with Crippen LogP contribution in [0.5, 0.6) is 0 Å². The second kappa shape index (κ2) is 5.11. The molecule has 0 fully saturated rings. The van der Waals surface area contributed by atoms with Crippen LogP contribution >= 0.6 is 0 Å². The Balaban J connectivity index is 2.77. The van der Waals surface area contributed by atoms with Gasteiger partial charge in [0.05, 0.1) is 0 Å². The molecule has 0 aromatic heterocycles. The quantitative estimate of drug-likeness (QED) is 0.779. The third kappa shape index (κ3) is 2.55. The van der Waals surface area contributed by atoms with Gasteiger partial charge in [0, 0.05) is 6.04 Å². The number of hydrogen-bond donors (Lipinski definition) is 1. The number of nitrogens with one attached hydrogen (secondary N) is 1. The molecular formula is C12H18FN. The van der Waals surface area contributed by atoms with Crippen LogP contribution in [-0.2, 0) is 0 Å². The zero-order valence-electron chi connectivity index (χ0n) is 9.05. The molecule has 0 radical (unpaired) electrons. The van der Waals surface area contributed by atoms with Gasteiger partial charge in [-0.1, -0.05) is 26.0 Å². The molecule has 0 spiro atoms. The topological polar surface area (TPSA) is 12.0 Å². The monoisotopic (exact) mass is 195 g/mol. The predicted molar refractivity (Wildman–Crippen MR) is 58.0 cm³/mol. The molecule has 2 heteroatoms. The average Bonchev–Trinajstić information content (AvgIpc) is 2.20. The summed E-state index contributed by atoms with van der Waals surface area (Å²) in [6.07, 6.45) is 1.08. The molecule has 0 amide bonds. The molecule has 14 heavy (non-hydrogen) atoms. The van der Waals surface area contributed by atoms with Crippen LogP contribution in [-0.4, -0.2) is 13.1 Å². The average molecular weight is 195 g/mol. The van der Waals surface area contributed by atoms with E-state index < -0.39 is 0 Å². The van der Waals surface area contributed by atoms with Crippen molar-refractivity contribution in [3.05, 3.63) is 35.6 Å². The van der Waals surface area contributed by atoms with E-state index in [2.05, 4.69) is 19.2 Å². The fraction of sp³-hybridized carbons (Fsp3) is 0.500. The highest BCUT2D eigenvalue weighted by Crippen LogP contribution is 2.20. The molecule has 1 rings (SSSR count). The fourth-order valence-electron chi connectivity index (χ4n) is 1.81. The predicted octanol–water partition coefficient (Wildman–Crippen LogP) is 2.93. The van der Waals surface area contributed by atoms with E-state index in [1.165, 1.54) is 17.7 Å². The maximum Gasteiger partial charge on any atom is 0.123 e. The molecule has 0 aliphatic carbocycles. The van der Waals surface area contributed by atoms with Gasteiger partial charge in [0.2, 0.25) is 0 Å². The zero-order valence-corrected chi connectivity index (χ0v) is 9.05. The van der Waals surface area contributed by atoms with Crippen LogP contribution in [0.15, 0.2) is 24.3 Å². The number of likely N-dealkylation sites (N-methyl/N-ethyl adjacent to an activating group) is 1. The van der Waals surface area contributed by atoms with Gasteiger partial charge in [-0.3, -0.25) is 0 Å². The van der Waals surface area contributed by atoms with Crippen LogP contribution in [0, 0.1) is 5.82 Å². The first-order valence-electron chi connectivity index (χ1n) is 5.11. The van der Waals surface area contributed by atoms with Crippen LogP contribution < -0.4 is 5.32 Å². The lowest BCUT2D eigenvalue weighted by Gasteiger charge is -2.22. The van der Waals surface area contributed by atoms with Crippen molar-refractivity contribution in [2.24, 2.45) is 0 Å². The van der Waals surface area contributed by atoms with E-state index in [1.807, 2.05) is 19.2 Å². The van der Waals surface area contributed by atoms with Gasteiger partial charge in [-0.05, 0) is 37.1 Å². The van der Waals surface area contributed by atoms with Crippen molar-refractivity contribution < 1.29 is 4.39 Å². The lowest BCUT2D eigenvalue weighted by Crippen LogP contribution is -2.29. The number of benzene rings is 1. The molecule has 0 saturated heterocycles. The molecule has 1 aromatic carbocycles. The standard InChI is InChI=1S/C12H18FN/c1-4-12(14-3)9(2)10-5-7-11(13)8-6-10/h5-9,12,14H,4H2,1-3H3. The minimum Gasteiger partial charge on any atom is -0.316 e. The fourth-order valence-corrected chi connectivity index (χ4v) is 1.81. The summed E-state index contributed by atoms with van der Waals surface area (Å²) in [5, 5.41) is 3.27. The summed E-state index contributed by atoms with van der Waals surface area (Å²) in [5.41, 5.74) is 1.19. The Morgan fingerprint density at radius 1 is 1.29 bits per heavy atom. The van der Waals surface area contributed by atoms with E-state index in [9.17, 15) is 4.39 Å². The Kier molecular flexibility index (Phi) is 4.08. The smallest absolute Gasteiger partial charge is 0.123 e. The van der Waals surface area contributed by atoms with Gasteiger partial charge in [0.15, 0.2) is 0 Å². The summed E-state index contributed by atoms with van der Waals surface area (Å²) in [6, 6.07) is 7.23. The first-order chi connectivity index (χ1) is 6.69. The second-order valence-electron chi connectivity index (χ2n) is 3.64. The van der Waals surface area contributed by atoms with Crippen molar-refractivity contribution in [3.8, 4) is 0 Å². The largest absolute Gasteiger partial charge is 0.316 e. The van der Waals surface area contributed by atoms with Gasteiger partial charge in [0.25, 0.3) is 0 Å². The molecule has 1 N–H and O–H groups in total. The number of hydrogen-bond acceptors (Lipinski definition) is 1. The molecule has 0 heterocycles. The molecule has 0 bridgehead atoms. The van der Waals surface area contributed by atoms with Crippen LogP contribution in [0.1, 0.15) is 31.7 Å². The summed E-state index contributed by atoms with van der Waals surface area (Å²) in [5.74, 6) is 0.254. The van der Waals surface area contributed by atoms with Crippen molar-refractivity contribution in [2.75, 3.05) is 7.05 Å². The van der Waals surface area contributed by atoms with E-state index in [1.54, 1.807) is 0 Å². The van der Waals surface area contributed by atoms with E-state index in [0.29, 0.717) is 12.0 Å². The van der Waals surface area contributed by atoms with Crippen molar-refractivity contribution in [1.29, 1.82) is 0 Å². The normalized spacial score (nSPS) is 15.1. The summed E-state index contributed by atoms with van der Waals surface area (Å²) in [7, 11) is 1.97. The SMILES string of the molecule is CCC(NC)C(C)c1ccc(F)cc1. The summed E-state index contributed by atoms with van der Waals surface area (Å²) < 4.78 is 12.7. The van der Waals surface area contributed by atoms with Gasteiger partial charge < -0.3 is 5.32 Å². The molecule has 1 nitrogen and oxygen atoms in total. The summed E-state index contributed by atoms with van der Waals surface area (Å²) in [4.78, 5) is 0. The van der Waals surface area contributed by atoms with Crippen LogP contribution in [0.2, 0.25) is 0 Å². The molecule has 0 aliphatic heterocycles. The van der Waals surface area contributed by atoms with Gasteiger partial charge >= 0.3 is 0 Å². The van der Waals surface area contributed by atoms with Crippen LogP contribution in [0.4, 0.5) is 4.39 Å². The van der Waals surface area contributed by atoms with E-state index in [4.69, 9.17) is 0 Å². The second-order valence-corrected chi connectivity index (χ2v) is 3.64. The highest BCUT2D eigenvalue weighted by atomic mass is 19.1. The Labute approximate surface area is 85.3 Å². The zero-order chi connectivity index (χ0) is 10.6. The molecule has 2 atom stereocenters. The Bertz CT molecular complexity index is 264. The molecule has 0 aliphatic rings. The highest BCUT2D eigenvalue weighted by molar-refractivity contribution is 5.21. The van der Waals surface area contributed by atoms with E-state index >= 15 is 0 Å². The third-order valence-electron chi connectivity index (χ3n) is 2.81. The molecule has 78 valence electrons. The lowest BCUT2D eigenvalue weighted by atomic mass is 9.92. The molecular weight excluding hydrogens is 177 g/mol. The van der Waals surface area contributed by atoms with Crippen LogP contribution in [0.25, 0.3) is 0 Å². The molecule has 0 saturated carbocycles. The first kappa shape index (κ1) is 11.2. The summed E-state index contributed by atoms with van der Waals surface area (Å²) in [6.45, 7) is 4.32.